The van der Waals surface area contributed by atoms with Crippen LogP contribution in [0.1, 0.15) is 18.4 Å². The van der Waals surface area contributed by atoms with Crippen molar-refractivity contribution in [3.63, 3.8) is 0 Å². The lowest BCUT2D eigenvalue weighted by Gasteiger charge is -2.15. The highest BCUT2D eigenvalue weighted by Crippen LogP contribution is 2.21. The van der Waals surface area contributed by atoms with Crippen LogP contribution in [0.5, 0.6) is 11.5 Å². The Kier molecular flexibility index (Phi) is 6.26. The number of likely N-dealkylation sites (N-methyl/N-ethyl adjacent to an activating group) is 1. The second-order valence-electron chi connectivity index (χ2n) is 6.28. The van der Waals surface area contributed by atoms with Gasteiger partial charge in [-0.25, -0.2) is 0 Å². The summed E-state index contributed by atoms with van der Waals surface area (Å²) >= 11 is 0. The van der Waals surface area contributed by atoms with E-state index in [1.54, 1.807) is 14.2 Å². The van der Waals surface area contributed by atoms with E-state index in [0.717, 1.165) is 12.0 Å². The Labute approximate surface area is 163 Å². The zero-order valence-electron chi connectivity index (χ0n) is 16.2. The summed E-state index contributed by atoms with van der Waals surface area (Å²) in [6.07, 6.45) is 0.962. The number of hydrogen-bond acceptors (Lipinski definition) is 6. The van der Waals surface area contributed by atoms with Gasteiger partial charge >= 0.3 is 0 Å². The van der Waals surface area contributed by atoms with Crippen molar-refractivity contribution in [1.29, 1.82) is 0 Å². The predicted molar refractivity (Wildman–Crippen MR) is 104 cm³/mol. The molecular weight excluding hydrogens is 358 g/mol. The number of carbonyl (C=O) groups excluding carboxylic acids is 1. The van der Waals surface area contributed by atoms with Crippen molar-refractivity contribution in [3.05, 3.63) is 60.0 Å². The van der Waals surface area contributed by atoms with Crippen LogP contribution < -0.4 is 9.47 Å². The van der Waals surface area contributed by atoms with Gasteiger partial charge in [0, 0.05) is 12.6 Å². The van der Waals surface area contributed by atoms with E-state index >= 15 is 0 Å². The fraction of sp³-hybridized carbons (Fsp3) is 0.286. The molecule has 3 rings (SSSR count). The highest BCUT2D eigenvalue weighted by Gasteiger charge is 2.15. The number of aryl methyl sites for hydroxylation is 1. The zero-order chi connectivity index (χ0) is 19.9. The summed E-state index contributed by atoms with van der Waals surface area (Å²) in [6, 6.07) is 15.1. The largest absolute Gasteiger partial charge is 0.497 e. The van der Waals surface area contributed by atoms with E-state index in [9.17, 15) is 4.79 Å². The van der Waals surface area contributed by atoms with Crippen molar-refractivity contribution in [2.45, 2.75) is 19.9 Å². The molecule has 0 saturated heterocycles. The fourth-order valence-corrected chi connectivity index (χ4v) is 2.57. The molecular formula is C21H23N3O4. The van der Waals surface area contributed by atoms with Crippen LogP contribution in [0.15, 0.2) is 53.1 Å². The Hall–Kier alpha value is -3.35. The van der Waals surface area contributed by atoms with Crippen molar-refractivity contribution >= 4 is 5.91 Å². The molecule has 7 nitrogen and oxygen atoms in total. The molecule has 1 amide bonds. The SMILES string of the molecule is CCc1ccc(OCC(=O)N(C)Cc2nc(-c3cccc(OC)c3)no2)cc1. The minimum absolute atomic E-state index is 0.0567. The minimum Gasteiger partial charge on any atom is -0.497 e. The Morgan fingerprint density at radius 1 is 1.14 bits per heavy atom. The first kappa shape index (κ1) is 19.4. The third-order valence-electron chi connectivity index (χ3n) is 4.29. The molecule has 0 radical (unpaired) electrons. The lowest BCUT2D eigenvalue weighted by Crippen LogP contribution is -2.31. The van der Waals surface area contributed by atoms with Crippen LogP contribution >= 0.6 is 0 Å². The predicted octanol–water partition coefficient (Wildman–Crippen LogP) is 3.35. The van der Waals surface area contributed by atoms with Gasteiger partial charge in [-0.15, -0.1) is 0 Å². The quantitative estimate of drug-likeness (QED) is 0.595. The van der Waals surface area contributed by atoms with E-state index in [2.05, 4.69) is 17.1 Å². The van der Waals surface area contributed by atoms with Crippen LogP contribution in [0.25, 0.3) is 11.4 Å². The molecule has 0 saturated carbocycles. The second kappa shape index (κ2) is 9.03. The normalized spacial score (nSPS) is 10.5. The van der Waals surface area contributed by atoms with Gasteiger partial charge in [0.25, 0.3) is 5.91 Å². The standard InChI is InChI=1S/C21H23N3O4/c1-4-15-8-10-17(11-9-15)27-14-20(25)24(2)13-19-22-21(23-28-19)16-6-5-7-18(12-16)26-3/h5-12H,4,13-14H2,1-3H3. The number of rotatable bonds is 8. The first-order chi connectivity index (χ1) is 13.6. The van der Waals surface area contributed by atoms with Crippen LogP contribution in [0, 0.1) is 0 Å². The van der Waals surface area contributed by atoms with Gasteiger partial charge in [0.05, 0.1) is 13.7 Å². The smallest absolute Gasteiger partial charge is 0.260 e. The number of hydrogen-bond donors (Lipinski definition) is 0. The van der Waals surface area contributed by atoms with Crippen molar-refractivity contribution < 1.29 is 18.8 Å². The summed E-state index contributed by atoms with van der Waals surface area (Å²) in [7, 11) is 3.27. The average molecular weight is 381 g/mol. The van der Waals surface area contributed by atoms with E-state index < -0.39 is 0 Å². The molecule has 0 bridgehead atoms. The topological polar surface area (TPSA) is 77.7 Å². The van der Waals surface area contributed by atoms with Crippen LogP contribution in [-0.2, 0) is 17.8 Å². The van der Waals surface area contributed by atoms with Gasteiger partial charge in [-0.2, -0.15) is 4.98 Å². The van der Waals surface area contributed by atoms with Gasteiger partial charge in [-0.3, -0.25) is 4.79 Å². The number of benzene rings is 2. The van der Waals surface area contributed by atoms with Gasteiger partial charge in [0.15, 0.2) is 6.61 Å². The van der Waals surface area contributed by atoms with E-state index in [4.69, 9.17) is 14.0 Å². The molecule has 0 aliphatic heterocycles. The molecule has 0 spiro atoms. The van der Waals surface area contributed by atoms with Crippen molar-refractivity contribution in [3.8, 4) is 22.9 Å². The van der Waals surface area contributed by atoms with Crippen molar-refractivity contribution in [2.75, 3.05) is 20.8 Å². The number of methoxy groups -OCH3 is 1. The molecule has 3 aromatic rings. The Morgan fingerprint density at radius 2 is 1.93 bits per heavy atom. The van der Waals surface area contributed by atoms with Crippen LogP contribution in [0.2, 0.25) is 0 Å². The van der Waals surface area contributed by atoms with Crippen molar-refractivity contribution in [1.82, 2.24) is 15.0 Å². The molecule has 0 atom stereocenters. The summed E-state index contributed by atoms with van der Waals surface area (Å²) in [5.41, 5.74) is 2.00. The summed E-state index contributed by atoms with van der Waals surface area (Å²) in [4.78, 5) is 18.1. The monoisotopic (exact) mass is 381 g/mol. The first-order valence-corrected chi connectivity index (χ1v) is 9.01. The first-order valence-electron chi connectivity index (χ1n) is 9.01. The maximum absolute atomic E-state index is 12.3. The highest BCUT2D eigenvalue weighted by atomic mass is 16.5. The number of carbonyl (C=O) groups is 1. The molecule has 7 heteroatoms. The van der Waals surface area contributed by atoms with E-state index in [-0.39, 0.29) is 19.1 Å². The molecule has 28 heavy (non-hydrogen) atoms. The number of ether oxygens (including phenoxy) is 2. The Bertz CT molecular complexity index is 921. The number of amides is 1. The van der Waals surface area contributed by atoms with E-state index in [0.29, 0.717) is 23.2 Å². The van der Waals surface area contributed by atoms with E-state index in [1.807, 2.05) is 48.5 Å². The molecule has 146 valence electrons. The van der Waals surface area contributed by atoms with Gasteiger partial charge < -0.3 is 18.9 Å². The maximum Gasteiger partial charge on any atom is 0.260 e. The average Bonchev–Trinajstić information content (AvgIpc) is 3.20. The third kappa shape index (κ3) is 4.88. The van der Waals surface area contributed by atoms with E-state index in [1.165, 1.54) is 10.5 Å². The molecule has 0 unspecified atom stereocenters. The maximum atomic E-state index is 12.3. The summed E-state index contributed by atoms with van der Waals surface area (Å²) < 4.78 is 16.0. The number of nitrogens with zero attached hydrogens (tertiary/aromatic N) is 3. The summed E-state index contributed by atoms with van der Waals surface area (Å²) in [6.45, 7) is 2.23. The molecule has 1 aromatic heterocycles. The molecule has 0 fully saturated rings. The lowest BCUT2D eigenvalue weighted by atomic mass is 10.2. The lowest BCUT2D eigenvalue weighted by molar-refractivity contribution is -0.132. The molecule has 0 N–H and O–H groups in total. The van der Waals surface area contributed by atoms with Crippen LogP contribution in [0.3, 0.4) is 0 Å². The van der Waals surface area contributed by atoms with Crippen LogP contribution in [-0.4, -0.2) is 41.7 Å². The summed E-state index contributed by atoms with van der Waals surface area (Å²) in [5, 5.41) is 3.97. The molecule has 1 heterocycles. The van der Waals surface area contributed by atoms with Crippen molar-refractivity contribution in [2.24, 2.45) is 0 Å². The Morgan fingerprint density at radius 3 is 2.64 bits per heavy atom. The Balaban J connectivity index is 1.55. The third-order valence-corrected chi connectivity index (χ3v) is 4.29. The molecule has 0 aliphatic carbocycles. The van der Waals surface area contributed by atoms with Gasteiger partial charge in [0.2, 0.25) is 11.7 Å². The van der Waals surface area contributed by atoms with Gasteiger partial charge in [-0.1, -0.05) is 36.3 Å². The van der Waals surface area contributed by atoms with Crippen LogP contribution in [0.4, 0.5) is 0 Å². The zero-order valence-corrected chi connectivity index (χ0v) is 16.2. The highest BCUT2D eigenvalue weighted by molar-refractivity contribution is 5.77. The molecule has 2 aromatic carbocycles. The summed E-state index contributed by atoms with van der Waals surface area (Å²) in [5.74, 6) is 1.99. The second-order valence-corrected chi connectivity index (χ2v) is 6.28. The fourth-order valence-electron chi connectivity index (χ4n) is 2.57. The van der Waals surface area contributed by atoms with Gasteiger partial charge in [-0.05, 0) is 36.2 Å². The van der Waals surface area contributed by atoms with Gasteiger partial charge in [0.1, 0.15) is 11.5 Å². The number of aromatic nitrogens is 2. The molecule has 0 aliphatic rings. The minimum atomic E-state index is -0.180.